The number of rotatable bonds is 3. The lowest BCUT2D eigenvalue weighted by Crippen LogP contribution is -2.37. The smallest absolute Gasteiger partial charge is 0.232 e. The minimum Gasteiger partial charge on any atom is -0.432 e. The van der Waals surface area contributed by atoms with Crippen molar-refractivity contribution in [3.05, 3.63) is 36.8 Å². The summed E-state index contributed by atoms with van der Waals surface area (Å²) in [4.78, 5) is 24.1. The molecule has 26 heavy (non-hydrogen) atoms. The average molecular weight is 349 g/mol. The number of nitrogens with one attached hydrogen (secondary N) is 1. The first-order valence-corrected chi connectivity index (χ1v) is 8.30. The molecule has 0 amide bonds. The Morgan fingerprint density at radius 3 is 2.58 bits per heavy atom. The van der Waals surface area contributed by atoms with Crippen LogP contribution in [0.1, 0.15) is 0 Å². The highest BCUT2D eigenvalue weighted by Gasteiger charge is 2.22. The van der Waals surface area contributed by atoms with Gasteiger partial charge in [0.2, 0.25) is 17.6 Å². The summed E-state index contributed by atoms with van der Waals surface area (Å²) in [6.45, 7) is 2.76. The summed E-state index contributed by atoms with van der Waals surface area (Å²) in [5.74, 6) is 1.57. The van der Waals surface area contributed by atoms with Crippen molar-refractivity contribution in [1.82, 2.24) is 24.9 Å². The lowest BCUT2D eigenvalue weighted by atomic mass is 10.3. The summed E-state index contributed by atoms with van der Waals surface area (Å²) in [6, 6.07) is 5.55. The molecule has 130 valence electrons. The van der Waals surface area contributed by atoms with Crippen LogP contribution in [0.4, 0.5) is 17.7 Å². The van der Waals surface area contributed by atoms with Gasteiger partial charge in [-0.1, -0.05) is 0 Å². The molecule has 0 saturated carbocycles. The molecule has 1 saturated heterocycles. The quantitative estimate of drug-likeness (QED) is 0.596. The zero-order valence-corrected chi connectivity index (χ0v) is 13.8. The molecule has 9 nitrogen and oxygen atoms in total. The first kappa shape index (κ1) is 15.0. The lowest BCUT2D eigenvalue weighted by Gasteiger charge is -2.27. The van der Waals surface area contributed by atoms with E-state index in [2.05, 4.69) is 35.1 Å². The van der Waals surface area contributed by atoms with E-state index in [1.54, 1.807) is 24.7 Å². The van der Waals surface area contributed by atoms with Crippen LogP contribution >= 0.6 is 0 Å². The average Bonchev–Trinajstić information content (AvgIpc) is 3.08. The maximum Gasteiger partial charge on any atom is 0.232 e. The molecule has 0 spiro atoms. The van der Waals surface area contributed by atoms with E-state index >= 15 is 0 Å². The van der Waals surface area contributed by atoms with E-state index in [1.165, 1.54) is 0 Å². The van der Waals surface area contributed by atoms with E-state index in [0.29, 0.717) is 41.9 Å². The van der Waals surface area contributed by atoms with Gasteiger partial charge in [0.15, 0.2) is 11.4 Å². The molecule has 1 N–H and O–H groups in total. The van der Waals surface area contributed by atoms with Crippen LogP contribution in [-0.2, 0) is 4.74 Å². The number of pyridine rings is 1. The topological polar surface area (TPSA) is 102 Å². The summed E-state index contributed by atoms with van der Waals surface area (Å²) < 4.78 is 11.4. The van der Waals surface area contributed by atoms with Crippen LogP contribution in [0.15, 0.2) is 41.2 Å². The second-order valence-electron chi connectivity index (χ2n) is 5.80. The molecule has 1 aliphatic heterocycles. The Labute approximate surface area is 148 Å². The van der Waals surface area contributed by atoms with Gasteiger partial charge in [0.1, 0.15) is 5.52 Å². The second kappa shape index (κ2) is 6.19. The van der Waals surface area contributed by atoms with Crippen molar-refractivity contribution in [3.63, 3.8) is 0 Å². The van der Waals surface area contributed by atoms with Crippen molar-refractivity contribution in [2.24, 2.45) is 0 Å². The number of anilines is 3. The number of fused-ring (bicyclic) bond motifs is 3. The van der Waals surface area contributed by atoms with Crippen LogP contribution in [0.5, 0.6) is 0 Å². The van der Waals surface area contributed by atoms with Gasteiger partial charge in [0.05, 0.1) is 18.6 Å². The maximum absolute atomic E-state index is 5.96. The van der Waals surface area contributed by atoms with Crippen molar-refractivity contribution in [3.8, 4) is 0 Å². The Morgan fingerprint density at radius 2 is 1.73 bits per heavy atom. The Bertz CT molecular complexity index is 1060. The van der Waals surface area contributed by atoms with Crippen molar-refractivity contribution in [1.29, 1.82) is 0 Å². The maximum atomic E-state index is 5.96. The van der Waals surface area contributed by atoms with Crippen molar-refractivity contribution in [2.45, 2.75) is 0 Å². The highest BCUT2D eigenvalue weighted by Crippen LogP contribution is 2.33. The number of aromatic nitrogens is 5. The van der Waals surface area contributed by atoms with E-state index in [-0.39, 0.29) is 0 Å². The van der Waals surface area contributed by atoms with E-state index in [4.69, 9.17) is 9.15 Å². The molecule has 0 aromatic carbocycles. The van der Waals surface area contributed by atoms with Gasteiger partial charge in [-0.05, 0) is 18.2 Å². The highest BCUT2D eigenvalue weighted by atomic mass is 16.5. The van der Waals surface area contributed by atoms with Crippen LogP contribution in [0.3, 0.4) is 0 Å². The molecule has 5 rings (SSSR count). The Balaban J connectivity index is 1.69. The highest BCUT2D eigenvalue weighted by molar-refractivity contribution is 6.05. The van der Waals surface area contributed by atoms with Crippen LogP contribution in [0.2, 0.25) is 0 Å². The van der Waals surface area contributed by atoms with E-state index < -0.39 is 0 Å². The number of hydrogen-bond acceptors (Lipinski definition) is 9. The van der Waals surface area contributed by atoms with Gasteiger partial charge in [-0.15, -0.1) is 0 Å². The summed E-state index contributed by atoms with van der Waals surface area (Å²) in [6.07, 6.45) is 5.02. The third-order valence-electron chi connectivity index (χ3n) is 4.17. The molecule has 0 radical (unpaired) electrons. The standard InChI is InChI=1S/C17H15N7O2/c1-3-11-12-13(26-15(11)18-4-1)14(24-7-9-25-10-8-24)22-17(21-12)23-16-19-5-2-6-20-16/h1-6H,7-10H2,(H,19,20,21,22,23). The minimum atomic E-state index is 0.414. The fourth-order valence-corrected chi connectivity index (χ4v) is 2.97. The number of nitrogens with zero attached hydrogens (tertiary/aromatic N) is 6. The lowest BCUT2D eigenvalue weighted by molar-refractivity contribution is 0.122. The molecule has 0 atom stereocenters. The van der Waals surface area contributed by atoms with Crippen LogP contribution in [-0.4, -0.2) is 51.2 Å². The molecule has 0 bridgehead atoms. The summed E-state index contributed by atoms with van der Waals surface area (Å²) in [7, 11) is 0. The number of hydrogen-bond donors (Lipinski definition) is 1. The number of ether oxygens (including phenoxy) is 1. The number of furan rings is 1. The van der Waals surface area contributed by atoms with Gasteiger partial charge < -0.3 is 14.1 Å². The molecule has 0 unspecified atom stereocenters. The molecule has 4 aromatic heterocycles. The minimum absolute atomic E-state index is 0.414. The fraction of sp³-hybridized carbons (Fsp3) is 0.235. The summed E-state index contributed by atoms with van der Waals surface area (Å²) in [5.41, 5.74) is 1.88. The van der Waals surface area contributed by atoms with E-state index in [0.717, 1.165) is 24.3 Å². The van der Waals surface area contributed by atoms with Gasteiger partial charge in [-0.2, -0.15) is 4.98 Å². The molecule has 9 heteroatoms. The molecule has 0 aliphatic carbocycles. The summed E-state index contributed by atoms with van der Waals surface area (Å²) >= 11 is 0. The molecular weight excluding hydrogens is 334 g/mol. The first-order valence-electron chi connectivity index (χ1n) is 8.30. The SMILES string of the molecule is c1cnc(Nc2nc(N3CCOCC3)c3oc4ncccc4c3n2)nc1. The van der Waals surface area contributed by atoms with Crippen molar-refractivity contribution in [2.75, 3.05) is 36.5 Å². The van der Waals surface area contributed by atoms with Gasteiger partial charge in [0.25, 0.3) is 0 Å². The normalized spacial score (nSPS) is 14.8. The van der Waals surface area contributed by atoms with Gasteiger partial charge in [-0.3, -0.25) is 5.32 Å². The monoisotopic (exact) mass is 349 g/mol. The molecule has 5 heterocycles. The van der Waals surface area contributed by atoms with Crippen molar-refractivity contribution < 1.29 is 9.15 Å². The zero-order valence-electron chi connectivity index (χ0n) is 13.8. The molecule has 1 aliphatic rings. The fourth-order valence-electron chi connectivity index (χ4n) is 2.97. The predicted octanol–water partition coefficient (Wildman–Crippen LogP) is 2.14. The Hall–Kier alpha value is -3.33. The molecular formula is C17H15N7O2. The Morgan fingerprint density at radius 1 is 0.923 bits per heavy atom. The molecule has 1 fully saturated rings. The van der Waals surface area contributed by atoms with Crippen molar-refractivity contribution >= 4 is 39.9 Å². The van der Waals surface area contributed by atoms with Gasteiger partial charge in [0, 0.05) is 31.7 Å². The summed E-state index contributed by atoms with van der Waals surface area (Å²) in [5, 5.41) is 3.91. The van der Waals surface area contributed by atoms with Gasteiger partial charge >= 0.3 is 0 Å². The predicted molar refractivity (Wildman–Crippen MR) is 95.5 cm³/mol. The van der Waals surface area contributed by atoms with Crippen LogP contribution in [0, 0.1) is 0 Å². The third-order valence-corrected chi connectivity index (χ3v) is 4.17. The molecule has 4 aromatic rings. The van der Waals surface area contributed by atoms with Gasteiger partial charge in [-0.25, -0.2) is 19.9 Å². The third kappa shape index (κ3) is 2.58. The van der Waals surface area contributed by atoms with Crippen LogP contribution < -0.4 is 10.2 Å². The van der Waals surface area contributed by atoms with Crippen LogP contribution in [0.25, 0.3) is 22.2 Å². The second-order valence-corrected chi connectivity index (χ2v) is 5.80. The first-order chi connectivity index (χ1) is 12.9. The largest absolute Gasteiger partial charge is 0.432 e. The Kier molecular flexibility index (Phi) is 3.56. The number of morpholine rings is 1. The van der Waals surface area contributed by atoms with E-state index in [9.17, 15) is 0 Å². The zero-order chi connectivity index (χ0) is 17.3. The van der Waals surface area contributed by atoms with E-state index in [1.807, 2.05) is 12.1 Å².